The summed E-state index contributed by atoms with van der Waals surface area (Å²) in [5.41, 5.74) is 1.11. The minimum Gasteiger partial charge on any atom is -0.492 e. The number of para-hydroxylation sites is 1. The Balaban J connectivity index is 1.69. The van der Waals surface area contributed by atoms with E-state index >= 15 is 0 Å². The zero-order chi connectivity index (χ0) is 13.9. The highest BCUT2D eigenvalue weighted by molar-refractivity contribution is 5.80. The van der Waals surface area contributed by atoms with E-state index in [9.17, 15) is 4.79 Å². The highest BCUT2D eigenvalue weighted by Crippen LogP contribution is 2.31. The first kappa shape index (κ1) is 13.1. The van der Waals surface area contributed by atoms with Gasteiger partial charge in [-0.25, -0.2) is 0 Å². The Kier molecular flexibility index (Phi) is 3.64. The first-order valence-corrected chi connectivity index (χ1v) is 7.21. The van der Waals surface area contributed by atoms with Gasteiger partial charge in [0.1, 0.15) is 12.4 Å². The summed E-state index contributed by atoms with van der Waals surface area (Å²) < 4.78 is 5.71. The molecule has 0 aromatic heterocycles. The van der Waals surface area contributed by atoms with E-state index < -0.39 is 0 Å². The highest BCUT2D eigenvalue weighted by atomic mass is 16.5. The van der Waals surface area contributed by atoms with Crippen molar-refractivity contribution >= 4 is 5.91 Å². The largest absolute Gasteiger partial charge is 0.492 e. The zero-order valence-corrected chi connectivity index (χ0v) is 11.5. The van der Waals surface area contributed by atoms with Crippen molar-refractivity contribution in [3.8, 4) is 18.1 Å². The molecule has 1 aromatic rings. The van der Waals surface area contributed by atoms with Crippen molar-refractivity contribution in [2.45, 2.75) is 19.3 Å². The van der Waals surface area contributed by atoms with Gasteiger partial charge in [0.15, 0.2) is 0 Å². The second-order valence-corrected chi connectivity index (χ2v) is 5.69. The van der Waals surface area contributed by atoms with Crippen LogP contribution in [0.3, 0.4) is 0 Å². The maximum atomic E-state index is 12.6. The van der Waals surface area contributed by atoms with Gasteiger partial charge in [-0.05, 0) is 36.8 Å². The SMILES string of the molecule is C#CCN(CC1CC1)C(=O)C1COc2ccccc2C1. The van der Waals surface area contributed by atoms with E-state index in [1.807, 2.05) is 29.2 Å². The fraction of sp³-hybridized carbons (Fsp3) is 0.471. The summed E-state index contributed by atoms with van der Waals surface area (Å²) in [4.78, 5) is 14.4. The van der Waals surface area contributed by atoms with Gasteiger partial charge in [0.05, 0.1) is 12.5 Å². The Labute approximate surface area is 119 Å². The molecule has 104 valence electrons. The quantitative estimate of drug-likeness (QED) is 0.784. The normalized spacial score (nSPS) is 20.4. The number of rotatable bonds is 4. The lowest BCUT2D eigenvalue weighted by atomic mass is 9.95. The third-order valence-corrected chi connectivity index (χ3v) is 4.00. The van der Waals surface area contributed by atoms with Crippen LogP contribution in [-0.4, -0.2) is 30.5 Å². The number of amides is 1. The number of fused-ring (bicyclic) bond motifs is 1. The van der Waals surface area contributed by atoms with E-state index in [1.165, 1.54) is 12.8 Å². The topological polar surface area (TPSA) is 29.5 Å². The Morgan fingerprint density at radius 3 is 2.95 bits per heavy atom. The average Bonchev–Trinajstić information content (AvgIpc) is 3.29. The van der Waals surface area contributed by atoms with Gasteiger partial charge in [-0.3, -0.25) is 4.79 Å². The monoisotopic (exact) mass is 269 g/mol. The molecule has 3 rings (SSSR count). The van der Waals surface area contributed by atoms with Gasteiger partial charge >= 0.3 is 0 Å². The van der Waals surface area contributed by atoms with Crippen LogP contribution in [0.25, 0.3) is 0 Å². The smallest absolute Gasteiger partial charge is 0.230 e. The number of carbonyl (C=O) groups excluding carboxylic acids is 1. The summed E-state index contributed by atoms with van der Waals surface area (Å²) in [5, 5.41) is 0. The average molecular weight is 269 g/mol. The molecule has 1 amide bonds. The number of ether oxygens (including phenoxy) is 1. The molecule has 0 N–H and O–H groups in total. The molecule has 0 saturated heterocycles. The Bertz CT molecular complexity index is 542. The van der Waals surface area contributed by atoms with Crippen molar-refractivity contribution in [3.05, 3.63) is 29.8 Å². The van der Waals surface area contributed by atoms with Crippen molar-refractivity contribution in [3.63, 3.8) is 0 Å². The summed E-state index contributed by atoms with van der Waals surface area (Å²) >= 11 is 0. The van der Waals surface area contributed by atoms with Gasteiger partial charge in [0, 0.05) is 6.54 Å². The standard InChI is InChI=1S/C17H19NO2/c1-2-9-18(11-13-7-8-13)17(19)15-10-14-5-3-4-6-16(14)20-12-15/h1,3-6,13,15H,7-12H2. The minimum absolute atomic E-state index is 0.100. The lowest BCUT2D eigenvalue weighted by Crippen LogP contribution is -2.42. The summed E-state index contributed by atoms with van der Waals surface area (Å²) in [6.45, 7) is 1.68. The molecule has 3 nitrogen and oxygen atoms in total. The summed E-state index contributed by atoms with van der Waals surface area (Å²) in [7, 11) is 0. The van der Waals surface area contributed by atoms with E-state index in [4.69, 9.17) is 11.2 Å². The van der Waals surface area contributed by atoms with Crippen LogP contribution < -0.4 is 4.74 Å². The van der Waals surface area contributed by atoms with E-state index in [-0.39, 0.29) is 11.8 Å². The van der Waals surface area contributed by atoms with Gasteiger partial charge in [-0.1, -0.05) is 24.1 Å². The number of benzene rings is 1. The van der Waals surface area contributed by atoms with E-state index in [0.717, 1.165) is 24.3 Å². The van der Waals surface area contributed by atoms with Crippen LogP contribution in [0.5, 0.6) is 5.75 Å². The fourth-order valence-electron chi connectivity index (χ4n) is 2.70. The van der Waals surface area contributed by atoms with Crippen LogP contribution in [0.4, 0.5) is 0 Å². The lowest BCUT2D eigenvalue weighted by molar-refractivity contribution is -0.136. The van der Waals surface area contributed by atoms with Crippen molar-refractivity contribution in [2.24, 2.45) is 11.8 Å². The number of nitrogens with zero attached hydrogens (tertiary/aromatic N) is 1. The zero-order valence-electron chi connectivity index (χ0n) is 11.5. The Morgan fingerprint density at radius 2 is 2.20 bits per heavy atom. The predicted octanol–water partition coefficient (Wildman–Crippen LogP) is 2.11. The molecule has 3 heteroatoms. The van der Waals surface area contributed by atoms with Gasteiger partial charge in [0.2, 0.25) is 5.91 Å². The van der Waals surface area contributed by atoms with E-state index in [2.05, 4.69) is 5.92 Å². The number of carbonyl (C=O) groups is 1. The fourth-order valence-corrected chi connectivity index (χ4v) is 2.70. The van der Waals surface area contributed by atoms with Crippen molar-refractivity contribution in [1.29, 1.82) is 0 Å². The minimum atomic E-state index is -0.100. The summed E-state index contributed by atoms with van der Waals surface area (Å²) in [6, 6.07) is 7.93. The van der Waals surface area contributed by atoms with Crippen LogP contribution in [0.1, 0.15) is 18.4 Å². The molecule has 20 heavy (non-hydrogen) atoms. The number of hydrogen-bond acceptors (Lipinski definition) is 2. The third kappa shape index (κ3) is 2.80. The molecule has 1 heterocycles. The molecular weight excluding hydrogens is 250 g/mol. The number of terminal acetylenes is 1. The van der Waals surface area contributed by atoms with Crippen LogP contribution >= 0.6 is 0 Å². The molecule has 0 spiro atoms. The maximum absolute atomic E-state index is 12.6. The highest BCUT2D eigenvalue weighted by Gasteiger charge is 2.32. The molecule has 1 aromatic carbocycles. The second-order valence-electron chi connectivity index (χ2n) is 5.69. The summed E-state index contributed by atoms with van der Waals surface area (Å²) in [5.74, 6) is 4.21. The van der Waals surface area contributed by atoms with Crippen molar-refractivity contribution in [2.75, 3.05) is 19.7 Å². The Hall–Kier alpha value is -1.95. The van der Waals surface area contributed by atoms with Crippen LogP contribution in [0.2, 0.25) is 0 Å². The van der Waals surface area contributed by atoms with E-state index in [0.29, 0.717) is 19.1 Å². The molecular formula is C17H19NO2. The van der Waals surface area contributed by atoms with E-state index in [1.54, 1.807) is 0 Å². The van der Waals surface area contributed by atoms with Gasteiger partial charge in [-0.2, -0.15) is 0 Å². The molecule has 1 unspecified atom stereocenters. The molecule has 1 aliphatic carbocycles. The van der Waals surface area contributed by atoms with Crippen LogP contribution in [-0.2, 0) is 11.2 Å². The lowest BCUT2D eigenvalue weighted by Gasteiger charge is -2.29. The van der Waals surface area contributed by atoms with Gasteiger partial charge < -0.3 is 9.64 Å². The van der Waals surface area contributed by atoms with Crippen molar-refractivity contribution < 1.29 is 9.53 Å². The predicted molar refractivity (Wildman–Crippen MR) is 77.3 cm³/mol. The van der Waals surface area contributed by atoms with Gasteiger partial charge in [-0.15, -0.1) is 6.42 Å². The molecule has 0 bridgehead atoms. The van der Waals surface area contributed by atoms with Crippen LogP contribution in [0.15, 0.2) is 24.3 Å². The molecule has 0 radical (unpaired) electrons. The maximum Gasteiger partial charge on any atom is 0.230 e. The first-order valence-electron chi connectivity index (χ1n) is 7.21. The van der Waals surface area contributed by atoms with Gasteiger partial charge in [0.25, 0.3) is 0 Å². The second kappa shape index (κ2) is 5.58. The van der Waals surface area contributed by atoms with Crippen molar-refractivity contribution in [1.82, 2.24) is 4.90 Å². The summed E-state index contributed by atoms with van der Waals surface area (Å²) in [6.07, 6.45) is 8.59. The Morgan fingerprint density at radius 1 is 1.40 bits per heavy atom. The molecule has 1 aliphatic heterocycles. The molecule has 1 fully saturated rings. The number of hydrogen-bond donors (Lipinski definition) is 0. The van der Waals surface area contributed by atoms with Crippen LogP contribution in [0, 0.1) is 24.2 Å². The molecule has 2 aliphatic rings. The third-order valence-electron chi connectivity index (χ3n) is 4.00. The first-order chi connectivity index (χ1) is 9.78. The molecule has 1 atom stereocenters. The molecule has 1 saturated carbocycles.